The largest absolute Gasteiger partial charge is 0.285 e. The average molecular weight is 427 g/mol. The Balaban J connectivity index is 1.55. The lowest BCUT2D eigenvalue weighted by Crippen LogP contribution is -2.35. The number of thiazole rings is 1. The number of hydrogen-bond acceptors (Lipinski definition) is 5. The molecule has 148 valence electrons. The van der Waals surface area contributed by atoms with Gasteiger partial charge >= 0.3 is 0 Å². The van der Waals surface area contributed by atoms with Gasteiger partial charge in [0.2, 0.25) is 5.91 Å². The Morgan fingerprint density at radius 2 is 2.03 bits per heavy atom. The summed E-state index contributed by atoms with van der Waals surface area (Å²) in [5.41, 5.74) is 1.48. The second-order valence-electron chi connectivity index (χ2n) is 6.50. The molecule has 8 heteroatoms. The number of carbonyl (C=O) groups excluding carboxylic acids is 1. The van der Waals surface area contributed by atoms with E-state index in [2.05, 4.69) is 10.1 Å². The first-order chi connectivity index (χ1) is 14.1. The van der Waals surface area contributed by atoms with Crippen molar-refractivity contribution in [2.45, 2.75) is 18.4 Å². The number of para-hydroxylation sites is 1. The summed E-state index contributed by atoms with van der Waals surface area (Å²) in [6.07, 6.45) is 3.55. The number of carbonyl (C=O) groups is 1. The normalized spacial score (nSPS) is 11.1. The monoisotopic (exact) mass is 426 g/mol. The second kappa shape index (κ2) is 8.75. The maximum atomic E-state index is 14.1. The third-order valence-corrected chi connectivity index (χ3v) is 6.43. The van der Waals surface area contributed by atoms with E-state index >= 15 is 0 Å². The third-order valence-electron chi connectivity index (χ3n) is 4.39. The van der Waals surface area contributed by atoms with Gasteiger partial charge in [0.25, 0.3) is 0 Å². The fraction of sp³-hybridized carbons (Fsp3) is 0.190. The number of thioether (sulfide) groups is 1. The van der Waals surface area contributed by atoms with Crippen LogP contribution in [-0.2, 0) is 11.3 Å². The van der Waals surface area contributed by atoms with Crippen LogP contribution in [0.3, 0.4) is 0 Å². The molecule has 29 heavy (non-hydrogen) atoms. The van der Waals surface area contributed by atoms with Crippen molar-refractivity contribution in [3.63, 3.8) is 0 Å². The number of aryl methyl sites for hydroxylation is 1. The van der Waals surface area contributed by atoms with Crippen molar-refractivity contribution in [2.24, 2.45) is 0 Å². The van der Waals surface area contributed by atoms with E-state index in [4.69, 9.17) is 0 Å². The predicted molar refractivity (Wildman–Crippen MR) is 116 cm³/mol. The number of aromatic nitrogens is 3. The van der Waals surface area contributed by atoms with Gasteiger partial charge in [-0.2, -0.15) is 5.10 Å². The van der Waals surface area contributed by atoms with Gasteiger partial charge in [0.15, 0.2) is 5.13 Å². The molecule has 0 radical (unpaired) electrons. The van der Waals surface area contributed by atoms with Crippen LogP contribution in [0.1, 0.15) is 5.56 Å². The lowest BCUT2D eigenvalue weighted by molar-refractivity contribution is -0.116. The molecule has 0 aliphatic carbocycles. The molecule has 2 aromatic carbocycles. The summed E-state index contributed by atoms with van der Waals surface area (Å²) >= 11 is 2.81. The van der Waals surface area contributed by atoms with Gasteiger partial charge in [0.05, 0.1) is 17.0 Å². The highest BCUT2D eigenvalue weighted by Gasteiger charge is 2.21. The van der Waals surface area contributed by atoms with Gasteiger partial charge in [-0.3, -0.25) is 14.4 Å². The molecule has 4 rings (SSSR count). The molecule has 0 aliphatic heterocycles. The van der Waals surface area contributed by atoms with Crippen molar-refractivity contribution in [2.75, 3.05) is 17.2 Å². The van der Waals surface area contributed by atoms with Crippen LogP contribution in [0, 0.1) is 12.7 Å². The van der Waals surface area contributed by atoms with E-state index in [1.54, 1.807) is 21.8 Å². The van der Waals surface area contributed by atoms with Crippen molar-refractivity contribution in [3.05, 3.63) is 72.3 Å². The first-order valence-corrected chi connectivity index (χ1v) is 10.9. The maximum Gasteiger partial charge on any atom is 0.239 e. The van der Waals surface area contributed by atoms with Crippen molar-refractivity contribution in [3.8, 4) is 0 Å². The van der Waals surface area contributed by atoms with E-state index < -0.39 is 0 Å². The molecule has 2 heterocycles. The summed E-state index contributed by atoms with van der Waals surface area (Å²) in [6.45, 7) is 2.98. The minimum atomic E-state index is -0.376. The Morgan fingerprint density at radius 1 is 1.21 bits per heavy atom. The van der Waals surface area contributed by atoms with Gasteiger partial charge in [0, 0.05) is 23.8 Å². The summed E-state index contributed by atoms with van der Waals surface area (Å²) in [5.74, 6) is -0.165. The summed E-state index contributed by atoms with van der Waals surface area (Å²) < 4.78 is 16.6. The Morgan fingerprint density at radius 3 is 2.76 bits per heavy atom. The SMILES string of the molecule is Cc1ccc(SCC(=O)N(CCn2cccn2)c2nc3c(F)cccc3s2)cc1. The predicted octanol–water partition coefficient (Wildman–Crippen LogP) is 4.77. The van der Waals surface area contributed by atoms with E-state index in [0.717, 1.165) is 9.60 Å². The fourth-order valence-electron chi connectivity index (χ4n) is 2.84. The summed E-state index contributed by atoms with van der Waals surface area (Å²) in [6, 6.07) is 14.8. The van der Waals surface area contributed by atoms with Gasteiger partial charge in [-0.1, -0.05) is 35.1 Å². The third kappa shape index (κ3) is 4.65. The highest BCUT2D eigenvalue weighted by Crippen LogP contribution is 2.31. The molecule has 1 amide bonds. The summed E-state index contributed by atoms with van der Waals surface area (Å²) in [7, 11) is 0. The van der Waals surface area contributed by atoms with Gasteiger partial charge in [0.1, 0.15) is 11.3 Å². The number of fused-ring (bicyclic) bond motifs is 1. The van der Waals surface area contributed by atoms with Gasteiger partial charge in [-0.15, -0.1) is 11.8 Å². The highest BCUT2D eigenvalue weighted by atomic mass is 32.2. The molecule has 2 aromatic heterocycles. The molecule has 0 N–H and O–H groups in total. The smallest absolute Gasteiger partial charge is 0.239 e. The summed E-state index contributed by atoms with van der Waals surface area (Å²) in [5, 5.41) is 4.70. The Bertz CT molecular complexity index is 1110. The molecule has 0 unspecified atom stereocenters. The zero-order valence-electron chi connectivity index (χ0n) is 15.8. The van der Waals surface area contributed by atoms with Gasteiger partial charge < -0.3 is 0 Å². The Hall–Kier alpha value is -2.71. The first kappa shape index (κ1) is 19.6. The van der Waals surface area contributed by atoms with Gasteiger partial charge in [-0.05, 0) is 37.3 Å². The number of rotatable bonds is 7. The van der Waals surface area contributed by atoms with E-state index in [1.165, 1.54) is 34.7 Å². The molecule has 0 atom stereocenters. The molecular formula is C21H19FN4OS2. The van der Waals surface area contributed by atoms with Crippen molar-refractivity contribution in [1.29, 1.82) is 0 Å². The molecule has 0 aliphatic rings. The molecule has 0 fully saturated rings. The zero-order valence-corrected chi connectivity index (χ0v) is 17.4. The molecule has 0 saturated carbocycles. The standard InChI is InChI=1S/C21H19FN4OS2/c1-15-6-8-16(9-7-15)28-14-19(27)26(13-12-25-11-3-10-23-25)21-24-20-17(22)4-2-5-18(20)29-21/h2-11H,12-14H2,1H3. The topological polar surface area (TPSA) is 51.0 Å². The van der Waals surface area contributed by atoms with Crippen LogP contribution < -0.4 is 4.90 Å². The molecule has 0 saturated heterocycles. The molecule has 0 bridgehead atoms. The Kier molecular flexibility index (Phi) is 5.92. The summed E-state index contributed by atoms with van der Waals surface area (Å²) in [4.78, 5) is 20.1. The fourth-order valence-corrected chi connectivity index (χ4v) is 4.64. The lowest BCUT2D eigenvalue weighted by atomic mass is 10.2. The first-order valence-electron chi connectivity index (χ1n) is 9.12. The van der Waals surface area contributed by atoms with E-state index in [-0.39, 0.29) is 17.5 Å². The molecular weight excluding hydrogens is 407 g/mol. The molecule has 0 spiro atoms. The second-order valence-corrected chi connectivity index (χ2v) is 8.56. The van der Waals surface area contributed by atoms with Crippen LogP contribution >= 0.6 is 23.1 Å². The molecule has 5 nitrogen and oxygen atoms in total. The molecule has 4 aromatic rings. The zero-order chi connectivity index (χ0) is 20.2. The lowest BCUT2D eigenvalue weighted by Gasteiger charge is -2.19. The van der Waals surface area contributed by atoms with Crippen LogP contribution in [0.2, 0.25) is 0 Å². The Labute approximate surface area is 176 Å². The van der Waals surface area contributed by atoms with Crippen LogP contribution in [0.15, 0.2) is 65.8 Å². The average Bonchev–Trinajstić information content (AvgIpc) is 3.38. The minimum Gasteiger partial charge on any atom is -0.285 e. The maximum absolute atomic E-state index is 14.1. The highest BCUT2D eigenvalue weighted by molar-refractivity contribution is 8.00. The van der Waals surface area contributed by atoms with E-state index in [9.17, 15) is 9.18 Å². The van der Waals surface area contributed by atoms with Crippen LogP contribution in [-0.4, -0.2) is 33.0 Å². The number of anilines is 1. The number of hydrogen-bond donors (Lipinski definition) is 0. The van der Waals surface area contributed by atoms with Crippen LogP contribution in [0.4, 0.5) is 9.52 Å². The number of nitrogens with zero attached hydrogens (tertiary/aromatic N) is 4. The van der Waals surface area contributed by atoms with Gasteiger partial charge in [-0.25, -0.2) is 9.37 Å². The quantitative estimate of drug-likeness (QED) is 0.400. The number of benzene rings is 2. The number of halogens is 1. The van der Waals surface area contributed by atoms with E-state index in [0.29, 0.717) is 23.7 Å². The minimum absolute atomic E-state index is 0.0674. The van der Waals surface area contributed by atoms with E-state index in [1.807, 2.05) is 49.5 Å². The van der Waals surface area contributed by atoms with Crippen LogP contribution in [0.5, 0.6) is 0 Å². The van der Waals surface area contributed by atoms with Crippen molar-refractivity contribution < 1.29 is 9.18 Å². The van der Waals surface area contributed by atoms with Crippen LogP contribution in [0.25, 0.3) is 10.2 Å². The van der Waals surface area contributed by atoms with Crippen molar-refractivity contribution >= 4 is 44.4 Å². The number of amides is 1. The van der Waals surface area contributed by atoms with Crippen molar-refractivity contribution in [1.82, 2.24) is 14.8 Å².